The standard InChI is InChI=1S/C18H20N6O3/c1-13-8-14(2)10-15(9-13)27-18-16(24(25)26)17(21-11-22-18)20-4-3-6-23-7-5-19-12-23/h5,7-12H,3-4,6H2,1-2H3,(H,20,21,22). The van der Waals surface area contributed by atoms with E-state index in [-0.39, 0.29) is 17.4 Å². The van der Waals surface area contributed by atoms with Gasteiger partial charge in [0.15, 0.2) is 0 Å². The summed E-state index contributed by atoms with van der Waals surface area (Å²) >= 11 is 0. The highest BCUT2D eigenvalue weighted by Crippen LogP contribution is 2.34. The average molecular weight is 368 g/mol. The fourth-order valence-corrected chi connectivity index (χ4v) is 2.72. The van der Waals surface area contributed by atoms with Crippen LogP contribution in [0.15, 0.2) is 43.2 Å². The molecule has 2 heterocycles. The molecule has 0 unspecified atom stereocenters. The molecule has 3 rings (SSSR count). The van der Waals surface area contributed by atoms with E-state index in [2.05, 4.69) is 20.3 Å². The van der Waals surface area contributed by atoms with Gasteiger partial charge in [0.2, 0.25) is 5.82 Å². The van der Waals surface area contributed by atoms with E-state index < -0.39 is 4.92 Å². The molecule has 1 aromatic carbocycles. The molecule has 0 amide bonds. The number of nitrogens with one attached hydrogen (secondary N) is 1. The Bertz CT molecular complexity index is 907. The molecule has 3 aromatic rings. The Morgan fingerprint density at radius 2 is 2.00 bits per heavy atom. The van der Waals surface area contributed by atoms with E-state index in [1.165, 1.54) is 6.33 Å². The maximum absolute atomic E-state index is 11.6. The number of nitrogens with zero attached hydrogens (tertiary/aromatic N) is 5. The summed E-state index contributed by atoms with van der Waals surface area (Å²) in [6.45, 7) is 5.12. The van der Waals surface area contributed by atoms with Crippen molar-refractivity contribution in [2.45, 2.75) is 26.8 Å². The first-order chi connectivity index (χ1) is 13.0. The quantitative estimate of drug-likeness (QED) is 0.368. The molecule has 1 N–H and O–H groups in total. The Hall–Kier alpha value is -3.49. The van der Waals surface area contributed by atoms with E-state index in [0.29, 0.717) is 12.3 Å². The van der Waals surface area contributed by atoms with Crippen LogP contribution in [0, 0.1) is 24.0 Å². The molecule has 0 fully saturated rings. The Morgan fingerprint density at radius 3 is 2.67 bits per heavy atom. The van der Waals surface area contributed by atoms with Crippen LogP contribution in [-0.4, -0.2) is 31.0 Å². The van der Waals surface area contributed by atoms with Gasteiger partial charge in [-0.25, -0.2) is 9.97 Å². The molecule has 0 radical (unpaired) electrons. The van der Waals surface area contributed by atoms with Gasteiger partial charge in [0.25, 0.3) is 0 Å². The SMILES string of the molecule is Cc1cc(C)cc(Oc2ncnc(NCCCn3ccnc3)c2[N+](=O)[O-])c1. The minimum absolute atomic E-state index is 0.0860. The minimum Gasteiger partial charge on any atom is -0.434 e. The van der Waals surface area contributed by atoms with Crippen molar-refractivity contribution >= 4 is 11.5 Å². The third-order valence-electron chi connectivity index (χ3n) is 3.83. The van der Waals surface area contributed by atoms with Crippen molar-refractivity contribution in [3.05, 3.63) is 64.5 Å². The summed E-state index contributed by atoms with van der Waals surface area (Å²) in [6.07, 6.45) is 7.30. The minimum atomic E-state index is -0.532. The van der Waals surface area contributed by atoms with Gasteiger partial charge in [-0.3, -0.25) is 10.1 Å². The molecule has 2 aromatic heterocycles. The molecule has 9 heteroatoms. The van der Waals surface area contributed by atoms with Crippen molar-refractivity contribution in [1.29, 1.82) is 0 Å². The fourth-order valence-electron chi connectivity index (χ4n) is 2.72. The highest BCUT2D eigenvalue weighted by molar-refractivity contribution is 5.61. The van der Waals surface area contributed by atoms with Crippen molar-refractivity contribution in [2.24, 2.45) is 0 Å². The van der Waals surface area contributed by atoms with Gasteiger partial charge in [-0.15, -0.1) is 0 Å². The lowest BCUT2D eigenvalue weighted by molar-refractivity contribution is -0.385. The van der Waals surface area contributed by atoms with Gasteiger partial charge < -0.3 is 14.6 Å². The second kappa shape index (κ2) is 8.26. The monoisotopic (exact) mass is 368 g/mol. The highest BCUT2D eigenvalue weighted by atomic mass is 16.6. The number of aromatic nitrogens is 4. The molecule has 0 saturated heterocycles. The number of nitro groups is 1. The largest absolute Gasteiger partial charge is 0.434 e. The van der Waals surface area contributed by atoms with Crippen molar-refractivity contribution in [1.82, 2.24) is 19.5 Å². The Kier molecular flexibility index (Phi) is 5.60. The molecule has 140 valence electrons. The Labute approximate surface area is 156 Å². The third-order valence-corrected chi connectivity index (χ3v) is 3.83. The van der Waals surface area contributed by atoms with Gasteiger partial charge in [-0.05, 0) is 43.5 Å². The van der Waals surface area contributed by atoms with Gasteiger partial charge in [0.1, 0.15) is 12.1 Å². The van der Waals surface area contributed by atoms with Gasteiger partial charge in [-0.2, -0.15) is 4.98 Å². The molecule has 0 aliphatic rings. The van der Waals surface area contributed by atoms with Gasteiger partial charge >= 0.3 is 11.6 Å². The summed E-state index contributed by atoms with van der Waals surface area (Å²) < 4.78 is 7.63. The van der Waals surface area contributed by atoms with Crippen LogP contribution in [0.4, 0.5) is 11.5 Å². The van der Waals surface area contributed by atoms with E-state index in [1.54, 1.807) is 24.7 Å². The summed E-state index contributed by atoms with van der Waals surface area (Å²) in [5, 5.41) is 14.6. The molecule has 0 saturated carbocycles. The predicted molar refractivity (Wildman–Crippen MR) is 100 cm³/mol. The second-order valence-electron chi connectivity index (χ2n) is 6.14. The number of hydrogen-bond acceptors (Lipinski definition) is 7. The number of aryl methyl sites for hydroxylation is 3. The average Bonchev–Trinajstić information content (AvgIpc) is 3.11. The Morgan fingerprint density at radius 1 is 1.22 bits per heavy atom. The number of imidazole rings is 1. The van der Waals surface area contributed by atoms with Crippen molar-refractivity contribution in [3.63, 3.8) is 0 Å². The molecule has 9 nitrogen and oxygen atoms in total. The molecule has 0 spiro atoms. The van der Waals surface area contributed by atoms with E-state index in [9.17, 15) is 10.1 Å². The summed E-state index contributed by atoms with van der Waals surface area (Å²) in [7, 11) is 0. The topological polar surface area (TPSA) is 108 Å². The van der Waals surface area contributed by atoms with Crippen LogP contribution < -0.4 is 10.1 Å². The molecule has 0 bridgehead atoms. The van der Waals surface area contributed by atoms with E-state index in [4.69, 9.17) is 4.74 Å². The predicted octanol–water partition coefficient (Wildman–Crippen LogP) is 3.49. The first-order valence-electron chi connectivity index (χ1n) is 8.48. The van der Waals surface area contributed by atoms with Gasteiger partial charge in [-0.1, -0.05) is 6.07 Å². The molecule has 0 aliphatic heterocycles. The maximum Gasteiger partial charge on any atom is 0.373 e. The lowest BCUT2D eigenvalue weighted by Crippen LogP contribution is -2.10. The van der Waals surface area contributed by atoms with E-state index >= 15 is 0 Å². The van der Waals surface area contributed by atoms with Crippen LogP contribution in [0.5, 0.6) is 11.6 Å². The van der Waals surface area contributed by atoms with Crippen molar-refractivity contribution < 1.29 is 9.66 Å². The molecule has 0 atom stereocenters. The zero-order chi connectivity index (χ0) is 19.2. The number of benzene rings is 1. The van der Waals surface area contributed by atoms with Crippen LogP contribution >= 0.6 is 0 Å². The Balaban J connectivity index is 1.74. The molecule has 0 aliphatic carbocycles. The molecular weight excluding hydrogens is 348 g/mol. The van der Waals surface area contributed by atoms with Crippen molar-refractivity contribution in [2.75, 3.05) is 11.9 Å². The molecular formula is C18H20N6O3. The smallest absolute Gasteiger partial charge is 0.373 e. The number of hydrogen-bond donors (Lipinski definition) is 1. The number of anilines is 1. The van der Waals surface area contributed by atoms with Crippen LogP contribution in [0.2, 0.25) is 0 Å². The number of ether oxygens (including phenoxy) is 1. The zero-order valence-corrected chi connectivity index (χ0v) is 15.1. The van der Waals surface area contributed by atoms with Crippen LogP contribution in [0.1, 0.15) is 17.5 Å². The number of rotatable bonds is 8. The highest BCUT2D eigenvalue weighted by Gasteiger charge is 2.25. The van der Waals surface area contributed by atoms with Gasteiger partial charge in [0.05, 0.1) is 11.3 Å². The van der Waals surface area contributed by atoms with E-state index in [1.807, 2.05) is 30.7 Å². The third kappa shape index (κ3) is 4.78. The fraction of sp³-hybridized carbons (Fsp3) is 0.278. The van der Waals surface area contributed by atoms with E-state index in [0.717, 1.165) is 24.1 Å². The first-order valence-corrected chi connectivity index (χ1v) is 8.48. The lowest BCUT2D eigenvalue weighted by atomic mass is 10.1. The van der Waals surface area contributed by atoms with Crippen LogP contribution in [-0.2, 0) is 6.54 Å². The maximum atomic E-state index is 11.6. The van der Waals surface area contributed by atoms with Crippen LogP contribution in [0.3, 0.4) is 0 Å². The zero-order valence-electron chi connectivity index (χ0n) is 15.1. The summed E-state index contributed by atoms with van der Waals surface area (Å²) in [5.41, 5.74) is 1.72. The molecule has 27 heavy (non-hydrogen) atoms. The van der Waals surface area contributed by atoms with Gasteiger partial charge in [0, 0.05) is 25.5 Å². The summed E-state index contributed by atoms with van der Waals surface area (Å²) in [5.74, 6) is 0.553. The van der Waals surface area contributed by atoms with Crippen LogP contribution in [0.25, 0.3) is 0 Å². The first kappa shape index (κ1) is 18.3. The second-order valence-corrected chi connectivity index (χ2v) is 6.14. The lowest BCUT2D eigenvalue weighted by Gasteiger charge is -2.10. The normalized spacial score (nSPS) is 10.6. The van der Waals surface area contributed by atoms with Crippen molar-refractivity contribution in [3.8, 4) is 11.6 Å². The summed E-state index contributed by atoms with van der Waals surface area (Å²) in [4.78, 5) is 23.0. The summed E-state index contributed by atoms with van der Waals surface area (Å²) in [6, 6.07) is 5.60.